The predicted octanol–water partition coefficient (Wildman–Crippen LogP) is 4.26. The van der Waals surface area contributed by atoms with E-state index in [0.717, 1.165) is 38.8 Å². The van der Waals surface area contributed by atoms with Crippen LogP contribution >= 0.6 is 0 Å². The van der Waals surface area contributed by atoms with E-state index in [2.05, 4.69) is 25.6 Å². The van der Waals surface area contributed by atoms with Gasteiger partial charge in [0.15, 0.2) is 0 Å². The first-order valence-corrected chi connectivity index (χ1v) is 11.2. The monoisotopic (exact) mass is 451 g/mol. The van der Waals surface area contributed by atoms with E-state index in [1.54, 1.807) is 0 Å². The molecule has 4 N–H and O–H groups in total. The van der Waals surface area contributed by atoms with Crippen LogP contribution in [0.25, 0.3) is 21.9 Å². The van der Waals surface area contributed by atoms with Crippen molar-refractivity contribution in [2.75, 3.05) is 5.32 Å². The number of imidazole rings is 1. The molecule has 2 amide bonds. The molecule has 2 heterocycles. The van der Waals surface area contributed by atoms with Crippen LogP contribution in [0.2, 0.25) is 0 Å². The van der Waals surface area contributed by atoms with Crippen molar-refractivity contribution in [3.63, 3.8) is 0 Å². The Morgan fingerprint density at radius 3 is 2.38 bits per heavy atom. The molecule has 7 nitrogen and oxygen atoms in total. The van der Waals surface area contributed by atoms with Crippen molar-refractivity contribution >= 4 is 39.7 Å². The number of aromatic amines is 2. The number of aromatic nitrogens is 3. The first-order valence-electron chi connectivity index (χ1n) is 11.2. The Labute approximate surface area is 196 Å². The quantitative estimate of drug-likeness (QED) is 0.297. The smallest absolute Gasteiger partial charge is 0.249 e. The third-order valence-electron chi connectivity index (χ3n) is 5.93. The van der Waals surface area contributed by atoms with Crippen molar-refractivity contribution in [3.8, 4) is 0 Å². The summed E-state index contributed by atoms with van der Waals surface area (Å²) in [7, 11) is 0. The molecule has 0 saturated carbocycles. The highest BCUT2D eigenvalue weighted by Crippen LogP contribution is 2.22. The molecule has 0 aliphatic rings. The number of nitrogens with zero attached hydrogens (tertiary/aromatic N) is 1. The molecule has 0 aliphatic heterocycles. The van der Waals surface area contributed by atoms with E-state index in [4.69, 9.17) is 0 Å². The summed E-state index contributed by atoms with van der Waals surface area (Å²) in [5.41, 5.74) is 5.42. The maximum absolute atomic E-state index is 13.2. The fourth-order valence-electron chi connectivity index (χ4n) is 4.24. The number of carbonyl (C=O) groups is 2. The Morgan fingerprint density at radius 1 is 0.882 bits per heavy atom. The van der Waals surface area contributed by atoms with Crippen molar-refractivity contribution in [3.05, 3.63) is 95.7 Å². The highest BCUT2D eigenvalue weighted by molar-refractivity contribution is 5.98. The minimum Gasteiger partial charge on any atom is -0.358 e. The van der Waals surface area contributed by atoms with E-state index in [1.165, 1.54) is 0 Å². The summed E-state index contributed by atoms with van der Waals surface area (Å²) in [6.45, 7) is 1.96. The van der Waals surface area contributed by atoms with Gasteiger partial charge in [0.25, 0.3) is 0 Å². The number of H-pyrrole nitrogens is 2. The normalized spacial score (nSPS) is 12.0. The number of aryl methyl sites for hydroxylation is 1. The van der Waals surface area contributed by atoms with E-state index in [-0.39, 0.29) is 18.2 Å². The summed E-state index contributed by atoms with van der Waals surface area (Å²) in [4.78, 5) is 37.1. The number of carbonyl (C=O) groups excluding carboxylic acids is 2. The number of rotatable bonds is 7. The van der Waals surface area contributed by atoms with E-state index in [0.29, 0.717) is 12.4 Å². The van der Waals surface area contributed by atoms with Crippen LogP contribution in [-0.2, 0) is 22.4 Å². The zero-order valence-electron chi connectivity index (χ0n) is 18.8. The molecule has 0 saturated heterocycles. The van der Waals surface area contributed by atoms with Gasteiger partial charge < -0.3 is 15.3 Å². The zero-order chi connectivity index (χ0) is 23.5. The second-order valence-corrected chi connectivity index (χ2v) is 8.35. The summed E-state index contributed by atoms with van der Waals surface area (Å²) in [5, 5.41) is 6.79. The lowest BCUT2D eigenvalue weighted by Gasteiger charge is -2.18. The summed E-state index contributed by atoms with van der Waals surface area (Å²) in [5.74, 6) is -0.188. The molecule has 0 unspecified atom stereocenters. The number of anilines is 1. The number of nitrogens with one attached hydrogen (secondary N) is 4. The van der Waals surface area contributed by atoms with Crippen molar-refractivity contribution in [1.29, 1.82) is 0 Å². The summed E-state index contributed by atoms with van der Waals surface area (Å²) in [6.07, 6.45) is 0.546. The Balaban J connectivity index is 1.36. The van der Waals surface area contributed by atoms with Gasteiger partial charge in [-0.05, 0) is 36.2 Å². The minimum absolute atomic E-state index is 0.180. The van der Waals surface area contributed by atoms with Crippen LogP contribution in [0.3, 0.4) is 0 Å². The van der Waals surface area contributed by atoms with Crippen LogP contribution in [0.1, 0.15) is 16.8 Å². The van der Waals surface area contributed by atoms with Crippen LogP contribution in [-0.4, -0.2) is 32.8 Å². The van der Waals surface area contributed by atoms with Crippen molar-refractivity contribution in [2.24, 2.45) is 0 Å². The number of amides is 2. The Kier molecular flexibility index (Phi) is 5.82. The van der Waals surface area contributed by atoms with Gasteiger partial charge in [-0.2, -0.15) is 0 Å². The third-order valence-corrected chi connectivity index (χ3v) is 5.93. The molecule has 0 bridgehead atoms. The lowest BCUT2D eigenvalue weighted by molar-refractivity contribution is -0.126. The van der Waals surface area contributed by atoms with Gasteiger partial charge in [0.05, 0.1) is 17.5 Å². The van der Waals surface area contributed by atoms with Gasteiger partial charge in [-0.15, -0.1) is 0 Å². The molecule has 0 spiro atoms. The van der Waals surface area contributed by atoms with Gasteiger partial charge in [-0.25, -0.2) is 4.98 Å². The molecule has 0 radical (unpaired) electrons. The standard InChI is InChI=1S/C27H25N5O2/c1-17-20(19-11-5-6-12-21(19)28-17)16-25(33)29-24(15-18-9-3-2-4-10-18)26(34)32-27-30-22-13-7-8-14-23(22)31-27/h2-14,24,28H,15-16H2,1H3,(H,29,33)(H2,30,31,32,34)/t24-/m0/s1. The predicted molar refractivity (Wildman–Crippen MR) is 134 cm³/mol. The number of para-hydroxylation sites is 3. The van der Waals surface area contributed by atoms with Crippen molar-refractivity contribution < 1.29 is 9.59 Å². The molecule has 5 aromatic rings. The molecular weight excluding hydrogens is 426 g/mol. The summed E-state index contributed by atoms with van der Waals surface area (Å²) < 4.78 is 0. The van der Waals surface area contributed by atoms with Crippen LogP contribution < -0.4 is 10.6 Å². The van der Waals surface area contributed by atoms with Crippen LogP contribution in [0.5, 0.6) is 0 Å². The molecular formula is C27H25N5O2. The first kappa shape index (κ1) is 21.5. The fourth-order valence-corrected chi connectivity index (χ4v) is 4.24. The van der Waals surface area contributed by atoms with Crippen molar-refractivity contribution in [1.82, 2.24) is 20.3 Å². The average Bonchev–Trinajstić information content (AvgIpc) is 3.39. The second-order valence-electron chi connectivity index (χ2n) is 8.35. The maximum Gasteiger partial charge on any atom is 0.249 e. The van der Waals surface area contributed by atoms with Crippen LogP contribution in [0.4, 0.5) is 5.95 Å². The lowest BCUT2D eigenvalue weighted by Crippen LogP contribution is -2.46. The van der Waals surface area contributed by atoms with Gasteiger partial charge in [-0.1, -0.05) is 60.7 Å². The SMILES string of the molecule is Cc1[nH]c2ccccc2c1CC(=O)N[C@@H](Cc1ccccc1)C(=O)Nc1nc2ccccc2[nH]1. The molecule has 3 aromatic carbocycles. The molecule has 0 fully saturated rings. The maximum atomic E-state index is 13.2. The number of hydrogen-bond donors (Lipinski definition) is 4. The Bertz CT molecular complexity index is 1440. The lowest BCUT2D eigenvalue weighted by atomic mass is 10.0. The molecule has 1 atom stereocenters. The van der Waals surface area contributed by atoms with Crippen LogP contribution in [0.15, 0.2) is 78.9 Å². The van der Waals surface area contributed by atoms with E-state index >= 15 is 0 Å². The highest BCUT2D eigenvalue weighted by atomic mass is 16.2. The molecule has 2 aromatic heterocycles. The fraction of sp³-hybridized carbons (Fsp3) is 0.148. The second kappa shape index (κ2) is 9.23. The number of fused-ring (bicyclic) bond motifs is 2. The molecule has 170 valence electrons. The van der Waals surface area contributed by atoms with E-state index in [1.807, 2.05) is 85.8 Å². The summed E-state index contributed by atoms with van der Waals surface area (Å²) in [6, 6.07) is 24.3. The number of benzene rings is 3. The summed E-state index contributed by atoms with van der Waals surface area (Å²) >= 11 is 0. The minimum atomic E-state index is -0.756. The van der Waals surface area contributed by atoms with Crippen LogP contribution in [0, 0.1) is 6.92 Å². The highest BCUT2D eigenvalue weighted by Gasteiger charge is 2.23. The molecule has 7 heteroatoms. The molecule has 34 heavy (non-hydrogen) atoms. The average molecular weight is 452 g/mol. The van der Waals surface area contributed by atoms with E-state index < -0.39 is 6.04 Å². The van der Waals surface area contributed by atoms with Gasteiger partial charge >= 0.3 is 0 Å². The van der Waals surface area contributed by atoms with Gasteiger partial charge in [-0.3, -0.25) is 14.9 Å². The largest absolute Gasteiger partial charge is 0.358 e. The van der Waals surface area contributed by atoms with Gasteiger partial charge in [0.1, 0.15) is 6.04 Å². The van der Waals surface area contributed by atoms with E-state index in [9.17, 15) is 9.59 Å². The zero-order valence-corrected chi connectivity index (χ0v) is 18.8. The molecule has 0 aliphatic carbocycles. The van der Waals surface area contributed by atoms with Gasteiger partial charge in [0.2, 0.25) is 17.8 Å². The first-order chi connectivity index (χ1) is 16.6. The molecule has 5 rings (SSSR count). The van der Waals surface area contributed by atoms with Crippen molar-refractivity contribution in [2.45, 2.75) is 25.8 Å². The Hall–Kier alpha value is -4.39. The van der Waals surface area contributed by atoms with Gasteiger partial charge in [0, 0.05) is 23.0 Å². The third kappa shape index (κ3) is 4.54. The Morgan fingerprint density at radius 2 is 1.59 bits per heavy atom. The topological polar surface area (TPSA) is 103 Å². The number of hydrogen-bond acceptors (Lipinski definition) is 3.